The lowest BCUT2D eigenvalue weighted by Crippen LogP contribution is -2.09. The van der Waals surface area contributed by atoms with E-state index in [1.807, 2.05) is 12.1 Å². The molecule has 0 atom stereocenters. The van der Waals surface area contributed by atoms with Crippen LogP contribution in [0.25, 0.3) is 105 Å². The number of hydrogen-bond acceptors (Lipinski definition) is 2. The summed E-state index contributed by atoms with van der Waals surface area (Å²) in [5.74, 6) is 0. The lowest BCUT2D eigenvalue weighted by molar-refractivity contribution is 0.669. The highest BCUT2D eigenvalue weighted by Crippen LogP contribution is 2.42. The van der Waals surface area contributed by atoms with Crippen LogP contribution in [0.5, 0.6) is 0 Å². The van der Waals surface area contributed by atoms with Gasteiger partial charge in [0.15, 0.2) is 0 Å². The third kappa shape index (κ3) is 6.59. The summed E-state index contributed by atoms with van der Waals surface area (Å²) in [5.41, 5.74) is 18.0. The lowest BCUT2D eigenvalue weighted by Gasteiger charge is -2.26. The van der Waals surface area contributed by atoms with Crippen molar-refractivity contribution in [3.8, 4) is 50.2 Å². The maximum absolute atomic E-state index is 6.28. The van der Waals surface area contributed by atoms with Gasteiger partial charge in [-0.1, -0.05) is 182 Å². The van der Waals surface area contributed by atoms with Crippen molar-refractivity contribution in [3.05, 3.63) is 255 Å². The smallest absolute Gasteiger partial charge is 0.136 e. The summed E-state index contributed by atoms with van der Waals surface area (Å²) in [7, 11) is 0. The van der Waals surface area contributed by atoms with Crippen molar-refractivity contribution in [2.24, 2.45) is 0 Å². The zero-order valence-electron chi connectivity index (χ0n) is 36.6. The van der Waals surface area contributed by atoms with Crippen LogP contribution in [0.1, 0.15) is 0 Å². The fraction of sp³-hybridized carbons (Fsp3) is 0. The van der Waals surface area contributed by atoms with E-state index in [4.69, 9.17) is 4.42 Å². The molecule has 67 heavy (non-hydrogen) atoms. The average Bonchev–Trinajstić information content (AvgIpc) is 3.96. The van der Waals surface area contributed by atoms with E-state index >= 15 is 0 Å². The van der Waals surface area contributed by atoms with E-state index < -0.39 is 0 Å². The summed E-state index contributed by atoms with van der Waals surface area (Å²) >= 11 is 0. The van der Waals surface area contributed by atoms with Gasteiger partial charge in [0.25, 0.3) is 0 Å². The van der Waals surface area contributed by atoms with Gasteiger partial charge in [0.05, 0.1) is 11.0 Å². The van der Waals surface area contributed by atoms with E-state index in [9.17, 15) is 0 Å². The van der Waals surface area contributed by atoms with Crippen molar-refractivity contribution in [2.75, 3.05) is 4.90 Å². The van der Waals surface area contributed by atoms with Crippen molar-refractivity contribution in [3.63, 3.8) is 0 Å². The molecule has 11 aromatic carbocycles. The Hall–Kier alpha value is -8.92. The van der Waals surface area contributed by atoms with Crippen LogP contribution in [0.4, 0.5) is 17.1 Å². The Morgan fingerprint density at radius 1 is 0.299 bits per heavy atom. The van der Waals surface area contributed by atoms with Gasteiger partial charge < -0.3 is 13.9 Å². The van der Waals surface area contributed by atoms with Crippen LogP contribution in [0.2, 0.25) is 0 Å². The number of fused-ring (bicyclic) bond motifs is 7. The molecule has 0 fully saturated rings. The van der Waals surface area contributed by atoms with Crippen LogP contribution in [-0.4, -0.2) is 4.57 Å². The summed E-state index contributed by atoms with van der Waals surface area (Å²) < 4.78 is 8.66. The number of furan rings is 1. The predicted octanol–water partition coefficient (Wildman–Crippen LogP) is 18.0. The minimum Gasteiger partial charge on any atom is -0.456 e. The molecule has 0 aliphatic carbocycles. The number of benzene rings is 11. The van der Waals surface area contributed by atoms with Gasteiger partial charge in [-0.3, -0.25) is 0 Å². The topological polar surface area (TPSA) is 21.3 Å². The SMILES string of the molecule is c1ccc(-c2cccc3cccc(-c4ccc(N(c5ccc(-c6cccc(-n7c8ccccc8c8ccccc87)c6)cc5)c5ccc(-c6cccc7oc8ccccc8c67)cc5)cc4)c23)cc1. The van der Waals surface area contributed by atoms with Crippen LogP contribution < -0.4 is 4.90 Å². The fourth-order valence-electron chi connectivity index (χ4n) is 10.3. The Morgan fingerprint density at radius 2 is 0.746 bits per heavy atom. The first-order valence-corrected chi connectivity index (χ1v) is 22.9. The van der Waals surface area contributed by atoms with Crippen molar-refractivity contribution in [1.29, 1.82) is 0 Å². The molecule has 0 aliphatic rings. The zero-order valence-corrected chi connectivity index (χ0v) is 36.6. The van der Waals surface area contributed by atoms with Gasteiger partial charge >= 0.3 is 0 Å². The molecule has 0 unspecified atom stereocenters. The highest BCUT2D eigenvalue weighted by atomic mass is 16.3. The summed E-state index contributed by atoms with van der Waals surface area (Å²) in [6.45, 7) is 0. The summed E-state index contributed by atoms with van der Waals surface area (Å²) in [4.78, 5) is 2.36. The van der Waals surface area contributed by atoms with E-state index in [-0.39, 0.29) is 0 Å². The zero-order chi connectivity index (χ0) is 44.3. The molecule has 3 nitrogen and oxygen atoms in total. The lowest BCUT2D eigenvalue weighted by atomic mass is 9.91. The Balaban J connectivity index is 0.903. The Labute approximate surface area is 388 Å². The standard InChI is InChI=1S/C64H42N2O/c1-2-14-44(15-3-1)53-23-11-16-47-17-12-24-54(63(47)53)45-32-38-50(39-33-45)65(51-40-34-46(35-41-51)55-25-13-29-62-64(55)58-22-6-9-28-61(58)67-62)49-36-30-43(31-37-49)48-18-10-19-52(42-48)66-59-26-7-4-20-56(59)57-21-5-8-27-60(57)66/h1-42H. The molecular weight excluding hydrogens is 813 g/mol. The molecule has 3 heteroatoms. The van der Waals surface area contributed by atoms with Crippen molar-refractivity contribution in [2.45, 2.75) is 0 Å². The number of rotatable bonds is 8. The van der Waals surface area contributed by atoms with Gasteiger partial charge in [-0.15, -0.1) is 0 Å². The molecule has 0 amide bonds. The Bertz CT molecular complexity index is 3900. The number of aromatic nitrogens is 1. The maximum Gasteiger partial charge on any atom is 0.136 e. The van der Waals surface area contributed by atoms with Crippen LogP contribution >= 0.6 is 0 Å². The fourth-order valence-corrected chi connectivity index (χ4v) is 10.3. The molecule has 2 aromatic heterocycles. The van der Waals surface area contributed by atoms with Crippen molar-refractivity contribution >= 4 is 71.6 Å². The number of anilines is 3. The first-order chi connectivity index (χ1) is 33.2. The predicted molar refractivity (Wildman–Crippen MR) is 282 cm³/mol. The quantitative estimate of drug-likeness (QED) is 0.152. The van der Waals surface area contributed by atoms with Crippen LogP contribution in [-0.2, 0) is 0 Å². The first-order valence-electron chi connectivity index (χ1n) is 22.9. The van der Waals surface area contributed by atoms with Gasteiger partial charge in [-0.2, -0.15) is 0 Å². The molecule has 0 bridgehead atoms. The van der Waals surface area contributed by atoms with Crippen LogP contribution in [0.15, 0.2) is 259 Å². The average molecular weight is 855 g/mol. The second-order valence-electron chi connectivity index (χ2n) is 17.2. The van der Waals surface area contributed by atoms with E-state index in [0.717, 1.165) is 66.9 Å². The highest BCUT2D eigenvalue weighted by molar-refractivity contribution is 6.13. The van der Waals surface area contributed by atoms with Crippen LogP contribution in [0.3, 0.4) is 0 Å². The Morgan fingerprint density at radius 3 is 1.36 bits per heavy atom. The second-order valence-corrected chi connectivity index (χ2v) is 17.2. The number of nitrogens with zero attached hydrogens (tertiary/aromatic N) is 2. The molecule has 0 saturated heterocycles. The third-order valence-corrected chi connectivity index (χ3v) is 13.4. The minimum atomic E-state index is 0.896. The highest BCUT2D eigenvalue weighted by Gasteiger charge is 2.18. The van der Waals surface area contributed by atoms with Gasteiger partial charge in [-0.05, 0) is 128 Å². The normalized spacial score (nSPS) is 11.6. The summed E-state index contributed by atoms with van der Waals surface area (Å²) in [6.07, 6.45) is 0. The monoisotopic (exact) mass is 854 g/mol. The number of hydrogen-bond donors (Lipinski definition) is 0. The molecular formula is C64H42N2O. The first kappa shape index (κ1) is 38.5. The molecule has 0 spiro atoms. The van der Waals surface area contributed by atoms with E-state index in [1.54, 1.807) is 0 Å². The van der Waals surface area contributed by atoms with E-state index in [0.29, 0.717) is 0 Å². The van der Waals surface area contributed by atoms with Gasteiger partial charge in [0.1, 0.15) is 11.2 Å². The molecule has 0 aliphatic heterocycles. The molecule has 2 heterocycles. The minimum absolute atomic E-state index is 0.896. The Kier molecular flexibility index (Phi) is 9.17. The van der Waals surface area contributed by atoms with Crippen molar-refractivity contribution in [1.82, 2.24) is 4.57 Å². The summed E-state index contributed by atoms with van der Waals surface area (Å²) in [5, 5.41) is 7.27. The van der Waals surface area contributed by atoms with Gasteiger partial charge in [0, 0.05) is 44.3 Å². The number of para-hydroxylation sites is 3. The second kappa shape index (κ2) is 16.0. The maximum atomic E-state index is 6.28. The summed E-state index contributed by atoms with van der Waals surface area (Å²) in [6, 6.07) is 91.9. The van der Waals surface area contributed by atoms with E-state index in [2.05, 4.69) is 252 Å². The molecule has 13 rings (SSSR count). The molecule has 314 valence electrons. The van der Waals surface area contributed by atoms with Crippen molar-refractivity contribution < 1.29 is 4.42 Å². The largest absolute Gasteiger partial charge is 0.456 e. The van der Waals surface area contributed by atoms with Gasteiger partial charge in [0.2, 0.25) is 0 Å². The van der Waals surface area contributed by atoms with Gasteiger partial charge in [-0.25, -0.2) is 0 Å². The van der Waals surface area contributed by atoms with E-state index in [1.165, 1.54) is 54.8 Å². The molecule has 0 N–H and O–H groups in total. The molecule has 0 radical (unpaired) electrons. The third-order valence-electron chi connectivity index (χ3n) is 13.4. The van der Waals surface area contributed by atoms with Crippen LogP contribution in [0, 0.1) is 0 Å². The molecule has 0 saturated carbocycles. The molecule has 13 aromatic rings.